The predicted molar refractivity (Wildman–Crippen MR) is 84.4 cm³/mol. The van der Waals surface area contributed by atoms with Crippen molar-refractivity contribution < 1.29 is 14.3 Å². The van der Waals surface area contributed by atoms with E-state index < -0.39 is 0 Å². The second kappa shape index (κ2) is 6.57. The van der Waals surface area contributed by atoms with Crippen LogP contribution in [0.1, 0.15) is 42.9 Å². The van der Waals surface area contributed by atoms with Crippen molar-refractivity contribution in [2.75, 3.05) is 20.8 Å². The van der Waals surface area contributed by atoms with Crippen LogP contribution in [0.25, 0.3) is 0 Å². The van der Waals surface area contributed by atoms with Gasteiger partial charge in [-0.15, -0.1) is 0 Å². The molecule has 1 aromatic rings. The maximum absolute atomic E-state index is 12.4. The molecule has 0 spiro atoms. The van der Waals surface area contributed by atoms with Crippen molar-refractivity contribution in [3.05, 3.63) is 23.3 Å². The summed E-state index contributed by atoms with van der Waals surface area (Å²) in [6.07, 6.45) is 5.07. The molecule has 1 aromatic carbocycles. The first-order valence-corrected chi connectivity index (χ1v) is 8.01. The molecule has 1 unspecified atom stereocenters. The third-order valence-electron chi connectivity index (χ3n) is 4.65. The number of hydrogen-bond acceptors (Lipinski definition) is 4. The normalized spacial score (nSPS) is 23.7. The van der Waals surface area contributed by atoms with Crippen molar-refractivity contribution in [1.29, 1.82) is 0 Å². The van der Waals surface area contributed by atoms with Gasteiger partial charge in [0.1, 0.15) is 0 Å². The van der Waals surface area contributed by atoms with Crippen LogP contribution in [0.2, 0.25) is 0 Å². The summed E-state index contributed by atoms with van der Waals surface area (Å²) in [5.41, 5.74) is 2.41. The zero-order valence-corrected chi connectivity index (χ0v) is 13.3. The summed E-state index contributed by atoms with van der Waals surface area (Å²) in [4.78, 5) is 12.4. The van der Waals surface area contributed by atoms with Gasteiger partial charge in [-0.3, -0.25) is 4.79 Å². The van der Waals surface area contributed by atoms with Crippen LogP contribution < -0.4 is 20.1 Å². The van der Waals surface area contributed by atoms with E-state index >= 15 is 0 Å². The van der Waals surface area contributed by atoms with Gasteiger partial charge in [0.25, 0.3) is 0 Å². The Hall–Kier alpha value is -1.75. The van der Waals surface area contributed by atoms with E-state index in [0.717, 1.165) is 55.7 Å². The van der Waals surface area contributed by atoms with E-state index in [0.29, 0.717) is 0 Å². The molecule has 1 saturated heterocycles. The van der Waals surface area contributed by atoms with Gasteiger partial charge in [-0.1, -0.05) is 0 Å². The lowest BCUT2D eigenvalue weighted by atomic mass is 9.87. The second-order valence-corrected chi connectivity index (χ2v) is 6.01. The smallest absolute Gasteiger partial charge is 0.237 e. The molecule has 3 rings (SSSR count). The van der Waals surface area contributed by atoms with Gasteiger partial charge in [0.2, 0.25) is 5.91 Å². The maximum Gasteiger partial charge on any atom is 0.237 e. The summed E-state index contributed by atoms with van der Waals surface area (Å²) in [6, 6.07) is 4.09. The zero-order chi connectivity index (χ0) is 15.5. The quantitative estimate of drug-likeness (QED) is 0.892. The molecule has 5 nitrogen and oxygen atoms in total. The van der Waals surface area contributed by atoms with E-state index in [1.54, 1.807) is 14.2 Å². The molecule has 2 N–H and O–H groups in total. The third-order valence-corrected chi connectivity index (χ3v) is 4.65. The summed E-state index contributed by atoms with van der Waals surface area (Å²) < 4.78 is 10.8. The Kier molecular flexibility index (Phi) is 4.52. The van der Waals surface area contributed by atoms with Crippen molar-refractivity contribution >= 4 is 5.91 Å². The Bertz CT molecular complexity index is 553. The number of benzene rings is 1. The molecule has 1 fully saturated rings. The van der Waals surface area contributed by atoms with Crippen molar-refractivity contribution in [2.24, 2.45) is 0 Å². The predicted octanol–water partition coefficient (Wildman–Crippen LogP) is 1.95. The SMILES string of the molecule is COc1cc2c(cc1OC)C(NC(=O)[C@H]1CCCN1)CCC2. The Morgan fingerprint density at radius 2 is 1.95 bits per heavy atom. The van der Waals surface area contributed by atoms with Gasteiger partial charge in [-0.25, -0.2) is 0 Å². The summed E-state index contributed by atoms with van der Waals surface area (Å²) >= 11 is 0. The van der Waals surface area contributed by atoms with Crippen LogP contribution in [0.3, 0.4) is 0 Å². The molecule has 0 bridgehead atoms. The molecule has 120 valence electrons. The molecule has 1 heterocycles. The topological polar surface area (TPSA) is 59.6 Å². The van der Waals surface area contributed by atoms with Crippen molar-refractivity contribution in [1.82, 2.24) is 10.6 Å². The zero-order valence-electron chi connectivity index (χ0n) is 13.3. The van der Waals surface area contributed by atoms with Gasteiger partial charge < -0.3 is 20.1 Å². The molecule has 5 heteroatoms. The third kappa shape index (κ3) is 2.90. The van der Waals surface area contributed by atoms with Gasteiger partial charge in [0, 0.05) is 0 Å². The Balaban J connectivity index is 1.82. The Morgan fingerprint density at radius 3 is 2.64 bits per heavy atom. The fourth-order valence-corrected chi connectivity index (χ4v) is 3.46. The minimum Gasteiger partial charge on any atom is -0.493 e. The van der Waals surface area contributed by atoms with Crippen molar-refractivity contribution in [3.63, 3.8) is 0 Å². The standard InChI is InChI=1S/C17H24N2O3/c1-21-15-9-11-5-3-6-13(12(11)10-16(15)22-2)19-17(20)14-7-4-8-18-14/h9-10,13-14,18H,3-8H2,1-2H3,(H,19,20)/t13?,14-/m1/s1. The van der Waals surface area contributed by atoms with Crippen LogP contribution in [-0.2, 0) is 11.2 Å². The van der Waals surface area contributed by atoms with Crippen LogP contribution in [0, 0.1) is 0 Å². The molecule has 22 heavy (non-hydrogen) atoms. The highest BCUT2D eigenvalue weighted by atomic mass is 16.5. The molecule has 2 atom stereocenters. The Labute approximate surface area is 131 Å². The van der Waals surface area contributed by atoms with Crippen LogP contribution >= 0.6 is 0 Å². The number of carbonyl (C=O) groups is 1. The molecule has 1 aliphatic heterocycles. The van der Waals surface area contributed by atoms with E-state index in [1.165, 1.54) is 5.56 Å². The first kappa shape index (κ1) is 15.2. The molecule has 2 aliphatic rings. The van der Waals surface area contributed by atoms with E-state index in [4.69, 9.17) is 9.47 Å². The van der Waals surface area contributed by atoms with E-state index in [-0.39, 0.29) is 18.0 Å². The first-order valence-electron chi connectivity index (χ1n) is 8.01. The lowest BCUT2D eigenvalue weighted by molar-refractivity contribution is -0.123. The van der Waals surface area contributed by atoms with Crippen LogP contribution in [0.4, 0.5) is 0 Å². The maximum atomic E-state index is 12.4. The minimum absolute atomic E-state index is 0.0366. The van der Waals surface area contributed by atoms with Gasteiger partial charge in [-0.05, 0) is 61.9 Å². The highest BCUT2D eigenvalue weighted by Gasteiger charge is 2.28. The highest BCUT2D eigenvalue weighted by Crippen LogP contribution is 2.38. The molecule has 1 aliphatic carbocycles. The first-order chi connectivity index (χ1) is 10.7. The van der Waals surface area contributed by atoms with Crippen molar-refractivity contribution in [2.45, 2.75) is 44.2 Å². The average Bonchev–Trinajstić information content (AvgIpc) is 3.08. The summed E-state index contributed by atoms with van der Waals surface area (Å²) in [6.45, 7) is 0.935. The number of ether oxygens (including phenoxy) is 2. The summed E-state index contributed by atoms with van der Waals surface area (Å²) in [5.74, 6) is 1.59. The second-order valence-electron chi connectivity index (χ2n) is 6.01. The van der Waals surface area contributed by atoms with Crippen molar-refractivity contribution in [3.8, 4) is 11.5 Å². The van der Waals surface area contributed by atoms with E-state index in [1.807, 2.05) is 12.1 Å². The average molecular weight is 304 g/mol. The Morgan fingerprint density at radius 1 is 1.18 bits per heavy atom. The largest absolute Gasteiger partial charge is 0.493 e. The van der Waals surface area contributed by atoms with Crippen LogP contribution in [0.5, 0.6) is 11.5 Å². The molecule has 0 saturated carbocycles. The van der Waals surface area contributed by atoms with Crippen LogP contribution in [-0.4, -0.2) is 32.7 Å². The number of carbonyl (C=O) groups excluding carboxylic acids is 1. The van der Waals surface area contributed by atoms with Gasteiger partial charge in [0.15, 0.2) is 11.5 Å². The lowest BCUT2D eigenvalue weighted by Gasteiger charge is -2.28. The molecule has 1 amide bonds. The number of fused-ring (bicyclic) bond motifs is 1. The molecular formula is C17H24N2O3. The van der Waals surface area contributed by atoms with E-state index in [2.05, 4.69) is 10.6 Å². The fourth-order valence-electron chi connectivity index (χ4n) is 3.46. The number of hydrogen-bond donors (Lipinski definition) is 2. The monoisotopic (exact) mass is 304 g/mol. The van der Waals surface area contributed by atoms with Gasteiger partial charge in [0.05, 0.1) is 26.3 Å². The van der Waals surface area contributed by atoms with E-state index in [9.17, 15) is 4.79 Å². The fraction of sp³-hybridized carbons (Fsp3) is 0.588. The number of aryl methyl sites for hydroxylation is 1. The lowest BCUT2D eigenvalue weighted by Crippen LogP contribution is -2.42. The summed E-state index contributed by atoms with van der Waals surface area (Å²) in [7, 11) is 3.29. The number of nitrogens with one attached hydrogen (secondary N) is 2. The number of rotatable bonds is 4. The highest BCUT2D eigenvalue weighted by molar-refractivity contribution is 5.82. The van der Waals surface area contributed by atoms with Gasteiger partial charge >= 0.3 is 0 Å². The number of amides is 1. The molecular weight excluding hydrogens is 280 g/mol. The van der Waals surface area contributed by atoms with Crippen LogP contribution in [0.15, 0.2) is 12.1 Å². The number of methoxy groups -OCH3 is 2. The summed E-state index contributed by atoms with van der Waals surface area (Å²) in [5, 5.41) is 6.46. The van der Waals surface area contributed by atoms with Gasteiger partial charge in [-0.2, -0.15) is 0 Å². The molecule has 0 aromatic heterocycles. The minimum atomic E-state index is -0.0366. The molecule has 0 radical (unpaired) electrons.